The van der Waals surface area contributed by atoms with Gasteiger partial charge in [-0.1, -0.05) is 19.9 Å². The number of rotatable bonds is 9. The van der Waals surface area contributed by atoms with Gasteiger partial charge in [-0.2, -0.15) is 0 Å². The van der Waals surface area contributed by atoms with Crippen molar-refractivity contribution < 1.29 is 89.4 Å². The molecule has 21 atom stereocenters. The fraction of sp³-hybridized carbons (Fsp3) is 0.921. The lowest BCUT2D eigenvalue weighted by Crippen LogP contribution is -2.65. The average molecular weight is 805 g/mol. The maximum Gasteiger partial charge on any atom is 0.314 e. The number of hydrogen-bond donors (Lipinski definition) is 11. The molecule has 7 aliphatic rings. The van der Waals surface area contributed by atoms with Gasteiger partial charge < -0.3 is 84.6 Å². The Balaban J connectivity index is 1.10. The third-order valence-electron chi connectivity index (χ3n) is 15.0. The molecule has 56 heavy (non-hydrogen) atoms. The highest BCUT2D eigenvalue weighted by Crippen LogP contribution is 2.73. The van der Waals surface area contributed by atoms with E-state index in [0.29, 0.717) is 44.9 Å². The fourth-order valence-electron chi connectivity index (χ4n) is 12.0. The monoisotopic (exact) mass is 804 g/mol. The maximum absolute atomic E-state index is 14.1. The smallest absolute Gasteiger partial charge is 0.314 e. The second-order valence-electron chi connectivity index (χ2n) is 18.0. The van der Waals surface area contributed by atoms with Crippen LogP contribution in [0.3, 0.4) is 0 Å². The number of hydrogen-bond acceptors (Lipinski definition) is 18. The van der Waals surface area contributed by atoms with Gasteiger partial charge in [-0.25, -0.2) is 0 Å². The Morgan fingerprint density at radius 3 is 1.82 bits per heavy atom. The van der Waals surface area contributed by atoms with Gasteiger partial charge in [-0.05, 0) is 86.5 Å². The van der Waals surface area contributed by atoms with Gasteiger partial charge in [0.05, 0.1) is 30.8 Å². The molecule has 3 saturated heterocycles. The third kappa shape index (κ3) is 6.69. The van der Waals surface area contributed by atoms with Crippen molar-refractivity contribution in [2.24, 2.45) is 28.1 Å². The van der Waals surface area contributed by atoms with Crippen LogP contribution in [0.1, 0.15) is 71.6 Å². The number of aliphatic hydroxyl groups excluding tert-OH is 11. The number of fused-ring (bicyclic) bond motifs is 3. The molecule has 18 heteroatoms. The predicted octanol–water partition coefficient (Wildman–Crippen LogP) is -2.94. The van der Waals surface area contributed by atoms with Crippen molar-refractivity contribution in [2.75, 3.05) is 19.8 Å². The van der Waals surface area contributed by atoms with Crippen molar-refractivity contribution in [3.8, 4) is 0 Å². The number of ether oxygens (including phenoxy) is 6. The maximum atomic E-state index is 14.1. The number of aliphatic hydroxyl groups is 11. The van der Waals surface area contributed by atoms with Crippen molar-refractivity contribution >= 4 is 5.97 Å². The van der Waals surface area contributed by atoms with Gasteiger partial charge in [0.25, 0.3) is 0 Å². The molecule has 7 fully saturated rings. The normalized spacial score (nSPS) is 54.6. The predicted molar refractivity (Wildman–Crippen MR) is 186 cm³/mol. The molecule has 7 rings (SSSR count). The van der Waals surface area contributed by atoms with Crippen molar-refractivity contribution in [1.82, 2.24) is 0 Å². The van der Waals surface area contributed by atoms with Crippen LogP contribution in [0.4, 0.5) is 0 Å². The van der Waals surface area contributed by atoms with Crippen LogP contribution >= 0.6 is 0 Å². The van der Waals surface area contributed by atoms with Gasteiger partial charge in [0.15, 0.2) is 12.6 Å². The zero-order valence-electron chi connectivity index (χ0n) is 31.8. The van der Waals surface area contributed by atoms with Crippen LogP contribution in [0.15, 0.2) is 12.2 Å². The van der Waals surface area contributed by atoms with E-state index in [0.717, 1.165) is 18.4 Å². The summed E-state index contributed by atoms with van der Waals surface area (Å²) in [6.45, 7) is 6.52. The number of esters is 1. The molecule has 0 aromatic rings. The first kappa shape index (κ1) is 42.7. The van der Waals surface area contributed by atoms with Gasteiger partial charge in [-0.3, -0.25) is 4.79 Å². The van der Waals surface area contributed by atoms with Gasteiger partial charge >= 0.3 is 5.97 Å². The molecular weight excluding hydrogens is 744 g/mol. The summed E-state index contributed by atoms with van der Waals surface area (Å²) in [6, 6.07) is 0. The Kier molecular flexibility index (Phi) is 11.9. The van der Waals surface area contributed by atoms with E-state index in [4.69, 9.17) is 28.4 Å². The van der Waals surface area contributed by atoms with Crippen LogP contribution in [0, 0.1) is 28.1 Å². The van der Waals surface area contributed by atoms with E-state index in [-0.39, 0.29) is 22.7 Å². The first-order valence-corrected chi connectivity index (χ1v) is 19.9. The summed E-state index contributed by atoms with van der Waals surface area (Å²) in [6.07, 6.45) is -17.8. The highest BCUT2D eigenvalue weighted by Gasteiger charge is 2.69. The summed E-state index contributed by atoms with van der Waals surface area (Å²) in [5.41, 5.74) is -1.80. The second kappa shape index (κ2) is 15.6. The molecule has 18 nitrogen and oxygen atoms in total. The van der Waals surface area contributed by atoms with E-state index in [1.807, 2.05) is 6.92 Å². The molecule has 11 N–H and O–H groups in total. The minimum absolute atomic E-state index is 0.121. The highest BCUT2D eigenvalue weighted by atomic mass is 16.8. The molecule has 0 aromatic heterocycles. The number of carbonyl (C=O) groups is 1. The van der Waals surface area contributed by atoms with Gasteiger partial charge in [0.2, 0.25) is 6.29 Å². The summed E-state index contributed by atoms with van der Waals surface area (Å²) in [7, 11) is 0. The summed E-state index contributed by atoms with van der Waals surface area (Å²) in [5.74, 6) is -0.591. The molecule has 11 unspecified atom stereocenters. The van der Waals surface area contributed by atoms with E-state index in [1.165, 1.54) is 0 Å². The molecule has 2 bridgehead atoms. The van der Waals surface area contributed by atoms with Crippen molar-refractivity contribution in [3.05, 3.63) is 12.2 Å². The van der Waals surface area contributed by atoms with Gasteiger partial charge in [0, 0.05) is 0 Å². The topological polar surface area (TPSA) is 295 Å². The SMILES string of the molecule is C=C1C[C@@]23CC[C@H]4[C@@](C)(CCC[C@@]4(C)C(=O)OC4OC(CO)[C@@H](O)[C@H](O)C4O)[C@@H]2CC[C@]1(O[C@@H]1OC(CO)C(O)C(O)[C@H]1OC1OC(CO)C(O)C(O)C1O)C3. The Labute approximate surface area is 324 Å². The molecule has 0 radical (unpaired) electrons. The Bertz CT molecular complexity index is 1450. The molecule has 1 spiro atoms. The lowest BCUT2D eigenvalue weighted by atomic mass is 9.41. The average Bonchev–Trinajstić information content (AvgIpc) is 3.37. The minimum atomic E-state index is -1.81. The van der Waals surface area contributed by atoms with E-state index < -0.39 is 129 Å². The van der Waals surface area contributed by atoms with Crippen LogP contribution < -0.4 is 0 Å². The zero-order valence-corrected chi connectivity index (χ0v) is 31.8. The van der Waals surface area contributed by atoms with Crippen molar-refractivity contribution in [2.45, 2.75) is 169 Å². The molecule has 320 valence electrons. The zero-order chi connectivity index (χ0) is 40.7. The molecule has 4 aliphatic carbocycles. The summed E-state index contributed by atoms with van der Waals surface area (Å²) < 4.78 is 35.6. The van der Waals surface area contributed by atoms with Crippen LogP contribution in [0.2, 0.25) is 0 Å². The summed E-state index contributed by atoms with van der Waals surface area (Å²) in [4.78, 5) is 14.1. The van der Waals surface area contributed by atoms with Crippen LogP contribution in [-0.4, -0.2) is 180 Å². The quantitative estimate of drug-likeness (QED) is 0.0631. The Morgan fingerprint density at radius 2 is 1.21 bits per heavy atom. The lowest BCUT2D eigenvalue weighted by Gasteiger charge is -2.64. The van der Waals surface area contributed by atoms with Crippen molar-refractivity contribution in [1.29, 1.82) is 0 Å². The third-order valence-corrected chi connectivity index (χ3v) is 15.0. The second-order valence-corrected chi connectivity index (χ2v) is 18.0. The van der Waals surface area contributed by atoms with Crippen molar-refractivity contribution in [3.63, 3.8) is 0 Å². The molecule has 0 aromatic carbocycles. The fourth-order valence-corrected chi connectivity index (χ4v) is 12.0. The van der Waals surface area contributed by atoms with E-state index in [1.54, 1.807) is 0 Å². The van der Waals surface area contributed by atoms with Gasteiger partial charge in [0.1, 0.15) is 73.2 Å². The Hall–Kier alpha value is -1.43. The number of carbonyl (C=O) groups excluding carboxylic acids is 1. The summed E-state index contributed by atoms with van der Waals surface area (Å²) >= 11 is 0. The largest absolute Gasteiger partial charge is 0.432 e. The Morgan fingerprint density at radius 1 is 0.679 bits per heavy atom. The van der Waals surface area contributed by atoms with Gasteiger partial charge in [-0.15, -0.1) is 0 Å². The molecule has 0 amide bonds. The molecule has 3 aliphatic heterocycles. The molecule has 4 saturated carbocycles. The van der Waals surface area contributed by atoms with E-state index in [2.05, 4.69) is 13.5 Å². The standard InChI is InChI=1S/C38H60O18/c1-16-11-37-9-5-20-35(2,7-4-8-36(20,3)34(50)55-32-29(49)26(46)23(43)18(13-40)52-32)21(37)6-10-38(16,15-37)56-33-30(27(47)24(44)19(14-41)53-33)54-31-28(48)25(45)22(42)17(12-39)51-31/h17-33,39-49H,1,4-15H2,2-3H3/t17?,18?,19?,20-,21-,22?,23+,24?,25?,26-,27?,28?,29?,30+,31?,32?,33-,35+,36+,37+,38-/m0/s1. The van der Waals surface area contributed by atoms with Crippen LogP contribution in [-0.2, 0) is 33.2 Å². The summed E-state index contributed by atoms with van der Waals surface area (Å²) in [5, 5.41) is 114. The first-order chi connectivity index (χ1) is 26.4. The van der Waals surface area contributed by atoms with Crippen LogP contribution in [0.25, 0.3) is 0 Å². The van der Waals surface area contributed by atoms with E-state index >= 15 is 0 Å². The molecular formula is C38H60O18. The minimum Gasteiger partial charge on any atom is -0.432 e. The van der Waals surface area contributed by atoms with E-state index in [9.17, 15) is 61.0 Å². The first-order valence-electron chi connectivity index (χ1n) is 19.9. The lowest BCUT2D eigenvalue weighted by molar-refractivity contribution is -0.378. The molecule has 3 heterocycles. The van der Waals surface area contributed by atoms with Crippen LogP contribution in [0.5, 0.6) is 0 Å². The highest BCUT2D eigenvalue weighted by molar-refractivity contribution is 5.77.